The van der Waals surface area contributed by atoms with Crippen LogP contribution in [0.2, 0.25) is 5.02 Å². The predicted molar refractivity (Wildman–Crippen MR) is 75.7 cm³/mol. The molecule has 2 atom stereocenters. The molecule has 0 spiro atoms. The van der Waals surface area contributed by atoms with E-state index in [1.807, 2.05) is 18.2 Å². The zero-order valence-corrected chi connectivity index (χ0v) is 12.0. The number of hydrogen-bond acceptors (Lipinski definition) is 2. The quantitative estimate of drug-likeness (QED) is 0.801. The fourth-order valence-electron chi connectivity index (χ4n) is 2.26. The van der Waals surface area contributed by atoms with E-state index in [0.717, 1.165) is 29.4 Å². The van der Waals surface area contributed by atoms with Gasteiger partial charge in [-0.25, -0.2) is 0 Å². The minimum atomic E-state index is -0.244. The van der Waals surface area contributed by atoms with E-state index in [0.29, 0.717) is 5.02 Å². The maximum Gasteiger partial charge on any atom is 0.0741 e. The van der Waals surface area contributed by atoms with Crippen molar-refractivity contribution in [1.29, 1.82) is 0 Å². The molecule has 0 bridgehead atoms. The fourth-order valence-corrected chi connectivity index (χ4v) is 2.75. The van der Waals surface area contributed by atoms with Crippen LogP contribution in [-0.4, -0.2) is 17.3 Å². The van der Waals surface area contributed by atoms with Crippen molar-refractivity contribution in [2.75, 3.05) is 5.32 Å². The second-order valence-electron chi connectivity index (χ2n) is 4.59. The lowest BCUT2D eigenvalue weighted by atomic mass is 10.1. The highest BCUT2D eigenvalue weighted by Crippen LogP contribution is 2.27. The first kappa shape index (κ1) is 13.2. The predicted octanol–water partition coefficient (Wildman–Crippen LogP) is 4.21. The molecule has 0 aliphatic heterocycles. The van der Waals surface area contributed by atoms with Gasteiger partial charge in [0.2, 0.25) is 0 Å². The summed E-state index contributed by atoms with van der Waals surface area (Å²) >= 11 is 9.36. The molecule has 1 fully saturated rings. The van der Waals surface area contributed by atoms with Gasteiger partial charge in [-0.1, -0.05) is 30.9 Å². The summed E-state index contributed by atoms with van der Waals surface area (Å²) in [7, 11) is 0. The molecular weight excluding hydrogens is 302 g/mol. The number of hydrogen-bond donors (Lipinski definition) is 2. The molecule has 2 unspecified atom stereocenters. The number of nitrogens with one attached hydrogen (secondary N) is 1. The third-order valence-electron chi connectivity index (χ3n) is 3.25. The minimum absolute atomic E-state index is 0.158. The standard InChI is InChI=1S/C13H17BrClNO/c14-10-8-9(6-7-11(10)15)16-12-4-2-1-3-5-13(12)17/h6-8,12-13,16-17H,1-5H2. The lowest BCUT2D eigenvalue weighted by Crippen LogP contribution is -2.32. The summed E-state index contributed by atoms with van der Waals surface area (Å²) in [6.45, 7) is 0. The van der Waals surface area contributed by atoms with Crippen LogP contribution in [0.5, 0.6) is 0 Å². The molecule has 1 aromatic rings. The number of aliphatic hydroxyl groups excluding tert-OH is 1. The molecule has 1 saturated carbocycles. The maximum atomic E-state index is 10.0. The van der Waals surface area contributed by atoms with Gasteiger partial charge in [0.05, 0.1) is 17.2 Å². The Balaban J connectivity index is 2.05. The normalized spacial score (nSPS) is 25.4. The Morgan fingerprint density at radius 1 is 1.24 bits per heavy atom. The van der Waals surface area contributed by atoms with Crippen molar-refractivity contribution in [3.63, 3.8) is 0 Å². The molecule has 1 aliphatic rings. The van der Waals surface area contributed by atoms with E-state index >= 15 is 0 Å². The Labute approximate surface area is 115 Å². The fraction of sp³-hybridized carbons (Fsp3) is 0.538. The Kier molecular flexibility index (Phi) is 4.71. The number of rotatable bonds is 2. The van der Waals surface area contributed by atoms with Crippen molar-refractivity contribution in [2.45, 2.75) is 44.2 Å². The molecule has 0 heterocycles. The summed E-state index contributed by atoms with van der Waals surface area (Å²) in [5.74, 6) is 0. The highest BCUT2D eigenvalue weighted by atomic mass is 79.9. The van der Waals surface area contributed by atoms with E-state index in [1.165, 1.54) is 12.8 Å². The average Bonchev–Trinajstić information content (AvgIpc) is 2.50. The van der Waals surface area contributed by atoms with Gasteiger partial charge in [-0.15, -0.1) is 0 Å². The van der Waals surface area contributed by atoms with Gasteiger partial charge in [0.15, 0.2) is 0 Å². The van der Waals surface area contributed by atoms with Crippen molar-refractivity contribution in [3.05, 3.63) is 27.7 Å². The van der Waals surface area contributed by atoms with Gasteiger partial charge in [0, 0.05) is 10.2 Å². The Hall–Kier alpha value is -0.250. The number of benzene rings is 1. The molecule has 94 valence electrons. The molecule has 4 heteroatoms. The van der Waals surface area contributed by atoms with Crippen molar-refractivity contribution < 1.29 is 5.11 Å². The smallest absolute Gasteiger partial charge is 0.0741 e. The van der Waals surface area contributed by atoms with Crippen LogP contribution in [-0.2, 0) is 0 Å². The lowest BCUT2D eigenvalue weighted by Gasteiger charge is -2.23. The number of anilines is 1. The van der Waals surface area contributed by atoms with E-state index < -0.39 is 0 Å². The zero-order chi connectivity index (χ0) is 12.3. The molecule has 2 rings (SSSR count). The zero-order valence-electron chi connectivity index (χ0n) is 9.63. The summed E-state index contributed by atoms with van der Waals surface area (Å²) in [5.41, 5.74) is 1.01. The molecule has 2 nitrogen and oxygen atoms in total. The summed E-state index contributed by atoms with van der Waals surface area (Å²) in [6.07, 6.45) is 5.22. The minimum Gasteiger partial charge on any atom is -0.391 e. The van der Waals surface area contributed by atoms with Crippen LogP contribution in [0.1, 0.15) is 32.1 Å². The van der Waals surface area contributed by atoms with Crippen LogP contribution in [0.15, 0.2) is 22.7 Å². The van der Waals surface area contributed by atoms with E-state index in [2.05, 4.69) is 21.2 Å². The molecule has 0 aromatic heterocycles. The molecule has 1 aromatic carbocycles. The molecular formula is C13H17BrClNO. The first-order valence-corrected chi connectivity index (χ1v) is 7.23. The van der Waals surface area contributed by atoms with Gasteiger partial charge in [-0.2, -0.15) is 0 Å². The molecule has 0 saturated heterocycles. The van der Waals surface area contributed by atoms with Crippen molar-refractivity contribution in [2.24, 2.45) is 0 Å². The van der Waals surface area contributed by atoms with Gasteiger partial charge in [0.25, 0.3) is 0 Å². The summed E-state index contributed by atoms with van der Waals surface area (Å²) < 4.78 is 0.882. The highest BCUT2D eigenvalue weighted by Gasteiger charge is 2.21. The monoisotopic (exact) mass is 317 g/mol. The first-order chi connectivity index (χ1) is 8.16. The molecule has 17 heavy (non-hydrogen) atoms. The van der Waals surface area contributed by atoms with Crippen LogP contribution in [0, 0.1) is 0 Å². The average molecular weight is 319 g/mol. The van der Waals surface area contributed by atoms with Crippen LogP contribution in [0.4, 0.5) is 5.69 Å². The van der Waals surface area contributed by atoms with E-state index in [4.69, 9.17) is 11.6 Å². The van der Waals surface area contributed by atoms with Gasteiger partial charge in [-0.3, -0.25) is 0 Å². The third-order valence-corrected chi connectivity index (χ3v) is 4.47. The van der Waals surface area contributed by atoms with Crippen molar-refractivity contribution in [3.8, 4) is 0 Å². The van der Waals surface area contributed by atoms with Gasteiger partial charge in [-0.05, 0) is 47.0 Å². The summed E-state index contributed by atoms with van der Waals surface area (Å²) in [6, 6.07) is 5.92. The van der Waals surface area contributed by atoms with Crippen LogP contribution in [0.25, 0.3) is 0 Å². The number of aliphatic hydroxyl groups is 1. The van der Waals surface area contributed by atoms with E-state index in [-0.39, 0.29) is 12.1 Å². The summed E-state index contributed by atoms with van der Waals surface area (Å²) in [5, 5.41) is 14.1. The van der Waals surface area contributed by atoms with Gasteiger partial charge in [0.1, 0.15) is 0 Å². The van der Waals surface area contributed by atoms with Crippen molar-refractivity contribution >= 4 is 33.2 Å². The maximum absolute atomic E-state index is 10.0. The summed E-state index contributed by atoms with van der Waals surface area (Å²) in [4.78, 5) is 0. The second kappa shape index (κ2) is 6.07. The molecule has 2 N–H and O–H groups in total. The van der Waals surface area contributed by atoms with Crippen LogP contribution < -0.4 is 5.32 Å². The highest BCUT2D eigenvalue weighted by molar-refractivity contribution is 9.10. The Bertz CT molecular complexity index is 386. The topological polar surface area (TPSA) is 32.3 Å². The van der Waals surface area contributed by atoms with E-state index in [1.54, 1.807) is 0 Å². The van der Waals surface area contributed by atoms with Gasteiger partial charge >= 0.3 is 0 Å². The lowest BCUT2D eigenvalue weighted by molar-refractivity contribution is 0.144. The van der Waals surface area contributed by atoms with Gasteiger partial charge < -0.3 is 10.4 Å². The second-order valence-corrected chi connectivity index (χ2v) is 5.85. The van der Waals surface area contributed by atoms with Crippen LogP contribution >= 0.6 is 27.5 Å². The molecule has 0 radical (unpaired) electrons. The Morgan fingerprint density at radius 2 is 2.00 bits per heavy atom. The molecule has 1 aliphatic carbocycles. The Morgan fingerprint density at radius 3 is 2.76 bits per heavy atom. The van der Waals surface area contributed by atoms with Crippen molar-refractivity contribution in [1.82, 2.24) is 0 Å². The third kappa shape index (κ3) is 3.60. The van der Waals surface area contributed by atoms with Crippen LogP contribution in [0.3, 0.4) is 0 Å². The first-order valence-electron chi connectivity index (χ1n) is 6.06. The number of halogens is 2. The largest absolute Gasteiger partial charge is 0.391 e. The SMILES string of the molecule is OC1CCCCCC1Nc1ccc(Cl)c(Br)c1. The molecule has 0 amide bonds. The van der Waals surface area contributed by atoms with E-state index in [9.17, 15) is 5.11 Å².